The number of thioether (sulfide) groups is 1. The molecule has 1 rings (SSSR count). The zero-order valence-corrected chi connectivity index (χ0v) is 13.5. The molecule has 0 fully saturated rings. The van der Waals surface area contributed by atoms with Crippen molar-refractivity contribution < 1.29 is 4.79 Å². The lowest BCUT2D eigenvalue weighted by Gasteiger charge is -2.24. The topological polar surface area (TPSA) is 55.1 Å². The summed E-state index contributed by atoms with van der Waals surface area (Å²) in [5.74, 6) is 1.25. The molecule has 3 nitrogen and oxygen atoms in total. The monoisotopic (exact) mass is 322 g/mol. The minimum atomic E-state index is -0.335. The lowest BCUT2D eigenvalue weighted by molar-refractivity contribution is -0.120. The molecule has 0 atom stereocenters. The first kappa shape index (κ1) is 18.6. The van der Waals surface area contributed by atoms with E-state index in [0.717, 1.165) is 16.3 Å². The average Bonchev–Trinajstić information content (AvgIpc) is 2.31. The van der Waals surface area contributed by atoms with Crippen LogP contribution in [0.2, 0.25) is 5.02 Å². The zero-order valence-electron chi connectivity index (χ0n) is 11.1. The summed E-state index contributed by atoms with van der Waals surface area (Å²) in [5, 5.41) is 3.62. The van der Waals surface area contributed by atoms with Crippen molar-refractivity contribution in [1.29, 1.82) is 0 Å². The summed E-state index contributed by atoms with van der Waals surface area (Å²) in [6, 6.07) is 7.65. The van der Waals surface area contributed by atoms with Crippen LogP contribution in [0, 0.1) is 0 Å². The van der Waals surface area contributed by atoms with Crippen LogP contribution in [0.4, 0.5) is 0 Å². The minimum absolute atomic E-state index is 0. The van der Waals surface area contributed by atoms with Gasteiger partial charge in [0.15, 0.2) is 0 Å². The fourth-order valence-electron chi connectivity index (χ4n) is 1.31. The molecule has 0 unspecified atom stereocenters. The average molecular weight is 323 g/mol. The number of carbonyl (C=O) groups excluding carboxylic acids is 1. The van der Waals surface area contributed by atoms with Gasteiger partial charge < -0.3 is 11.1 Å². The van der Waals surface area contributed by atoms with E-state index in [2.05, 4.69) is 5.32 Å². The van der Waals surface area contributed by atoms with Crippen LogP contribution in [0.25, 0.3) is 0 Å². The molecule has 0 heterocycles. The second-order valence-electron chi connectivity index (χ2n) is 4.76. The standard InChI is InChI=1S/C13H19ClN2OS.ClH/c1-13(2,9-15)16-12(17)8-18-7-10-3-5-11(14)6-4-10;/h3-6H,7-9,15H2,1-2H3,(H,16,17);1H. The Hall–Kier alpha value is -0.420. The molecule has 108 valence electrons. The Bertz CT molecular complexity index is 396. The molecule has 0 bridgehead atoms. The number of hydrogen-bond acceptors (Lipinski definition) is 3. The van der Waals surface area contributed by atoms with E-state index in [4.69, 9.17) is 17.3 Å². The molecule has 1 amide bonds. The van der Waals surface area contributed by atoms with Crippen molar-refractivity contribution in [3.63, 3.8) is 0 Å². The Morgan fingerprint density at radius 3 is 2.47 bits per heavy atom. The number of carbonyl (C=O) groups is 1. The molecule has 0 aliphatic carbocycles. The largest absolute Gasteiger partial charge is 0.349 e. The molecule has 0 aromatic heterocycles. The van der Waals surface area contributed by atoms with E-state index < -0.39 is 0 Å². The van der Waals surface area contributed by atoms with Gasteiger partial charge in [0.1, 0.15) is 0 Å². The van der Waals surface area contributed by atoms with Gasteiger partial charge in [-0.25, -0.2) is 0 Å². The van der Waals surface area contributed by atoms with Gasteiger partial charge >= 0.3 is 0 Å². The van der Waals surface area contributed by atoms with Gasteiger partial charge in [0, 0.05) is 22.9 Å². The predicted octanol–water partition coefficient (Wildman–Crippen LogP) is 2.85. The summed E-state index contributed by atoms with van der Waals surface area (Å²) < 4.78 is 0. The van der Waals surface area contributed by atoms with E-state index in [0.29, 0.717) is 12.3 Å². The first-order chi connectivity index (χ1) is 8.43. The third-order valence-corrected chi connectivity index (χ3v) is 3.66. The lowest BCUT2D eigenvalue weighted by Crippen LogP contribution is -2.49. The van der Waals surface area contributed by atoms with Gasteiger partial charge in [-0.3, -0.25) is 4.79 Å². The highest BCUT2D eigenvalue weighted by atomic mass is 35.5. The fraction of sp³-hybridized carbons (Fsp3) is 0.462. The van der Waals surface area contributed by atoms with Gasteiger partial charge in [0.2, 0.25) is 5.91 Å². The normalized spacial score (nSPS) is 10.7. The molecular weight excluding hydrogens is 303 g/mol. The Labute approximate surface area is 130 Å². The number of amides is 1. The fourth-order valence-corrected chi connectivity index (χ4v) is 2.22. The molecule has 1 aromatic rings. The van der Waals surface area contributed by atoms with Gasteiger partial charge in [-0.1, -0.05) is 23.7 Å². The van der Waals surface area contributed by atoms with Gasteiger partial charge in [0.25, 0.3) is 0 Å². The van der Waals surface area contributed by atoms with Crippen molar-refractivity contribution in [2.75, 3.05) is 12.3 Å². The first-order valence-corrected chi connectivity index (χ1v) is 7.29. The van der Waals surface area contributed by atoms with Crippen molar-refractivity contribution in [1.82, 2.24) is 5.32 Å². The first-order valence-electron chi connectivity index (χ1n) is 5.76. The summed E-state index contributed by atoms with van der Waals surface area (Å²) in [4.78, 5) is 11.7. The Morgan fingerprint density at radius 1 is 1.37 bits per heavy atom. The second-order valence-corrected chi connectivity index (χ2v) is 6.18. The molecule has 3 N–H and O–H groups in total. The maximum absolute atomic E-state index is 11.7. The summed E-state index contributed by atoms with van der Waals surface area (Å²) >= 11 is 7.38. The van der Waals surface area contributed by atoms with Crippen molar-refractivity contribution in [3.05, 3.63) is 34.9 Å². The summed E-state index contributed by atoms with van der Waals surface area (Å²) in [6.07, 6.45) is 0. The third-order valence-electron chi connectivity index (χ3n) is 2.40. The van der Waals surface area contributed by atoms with Crippen LogP contribution in [0.1, 0.15) is 19.4 Å². The number of benzene rings is 1. The quantitative estimate of drug-likeness (QED) is 0.846. The second kappa shape index (κ2) is 8.69. The molecule has 0 aliphatic heterocycles. The van der Waals surface area contributed by atoms with Crippen molar-refractivity contribution in [3.8, 4) is 0 Å². The van der Waals surface area contributed by atoms with Crippen LogP contribution >= 0.6 is 35.8 Å². The van der Waals surface area contributed by atoms with Crippen LogP contribution < -0.4 is 11.1 Å². The number of rotatable bonds is 6. The summed E-state index contributed by atoms with van der Waals surface area (Å²) in [6.45, 7) is 4.25. The zero-order chi connectivity index (χ0) is 13.6. The molecule has 0 saturated heterocycles. The molecular formula is C13H20Cl2N2OS. The summed E-state index contributed by atoms with van der Waals surface area (Å²) in [5.41, 5.74) is 6.38. The highest BCUT2D eigenvalue weighted by molar-refractivity contribution is 7.99. The van der Waals surface area contributed by atoms with E-state index >= 15 is 0 Å². The lowest BCUT2D eigenvalue weighted by atomic mass is 10.1. The third kappa shape index (κ3) is 7.67. The van der Waals surface area contributed by atoms with Crippen LogP contribution in [0.3, 0.4) is 0 Å². The number of hydrogen-bond donors (Lipinski definition) is 2. The highest BCUT2D eigenvalue weighted by Gasteiger charge is 2.17. The summed E-state index contributed by atoms with van der Waals surface area (Å²) in [7, 11) is 0. The number of nitrogens with one attached hydrogen (secondary N) is 1. The maximum Gasteiger partial charge on any atom is 0.230 e. The predicted molar refractivity (Wildman–Crippen MR) is 86.1 cm³/mol. The van der Waals surface area contributed by atoms with E-state index in [1.807, 2.05) is 38.1 Å². The van der Waals surface area contributed by atoms with Crippen molar-refractivity contribution >= 4 is 41.7 Å². The highest BCUT2D eigenvalue weighted by Crippen LogP contribution is 2.15. The van der Waals surface area contributed by atoms with Crippen LogP contribution in [0.5, 0.6) is 0 Å². The van der Waals surface area contributed by atoms with Gasteiger partial charge in [0.05, 0.1) is 5.75 Å². The SMILES string of the molecule is CC(C)(CN)NC(=O)CSCc1ccc(Cl)cc1.Cl. The molecule has 19 heavy (non-hydrogen) atoms. The Balaban J connectivity index is 0.00000324. The van der Waals surface area contributed by atoms with Crippen LogP contribution in [-0.4, -0.2) is 23.7 Å². The van der Waals surface area contributed by atoms with E-state index in [-0.39, 0.29) is 23.9 Å². The van der Waals surface area contributed by atoms with Gasteiger partial charge in [-0.2, -0.15) is 0 Å². The smallest absolute Gasteiger partial charge is 0.230 e. The van der Waals surface area contributed by atoms with E-state index in [1.54, 1.807) is 11.8 Å². The number of nitrogens with two attached hydrogens (primary N) is 1. The molecule has 0 aliphatic rings. The Morgan fingerprint density at radius 2 is 1.95 bits per heavy atom. The number of halogens is 2. The van der Waals surface area contributed by atoms with E-state index in [9.17, 15) is 4.79 Å². The van der Waals surface area contributed by atoms with Crippen molar-refractivity contribution in [2.45, 2.75) is 25.1 Å². The minimum Gasteiger partial charge on any atom is -0.349 e. The van der Waals surface area contributed by atoms with Crippen LogP contribution in [-0.2, 0) is 10.5 Å². The maximum atomic E-state index is 11.7. The molecule has 0 saturated carbocycles. The molecule has 0 radical (unpaired) electrons. The molecule has 0 spiro atoms. The molecule has 1 aromatic carbocycles. The van der Waals surface area contributed by atoms with Gasteiger partial charge in [-0.15, -0.1) is 24.2 Å². The van der Waals surface area contributed by atoms with E-state index in [1.165, 1.54) is 0 Å². The van der Waals surface area contributed by atoms with Gasteiger partial charge in [-0.05, 0) is 31.5 Å². The Kier molecular flexibility index (Phi) is 8.50. The van der Waals surface area contributed by atoms with Crippen molar-refractivity contribution in [2.24, 2.45) is 5.73 Å². The molecule has 6 heteroatoms. The van der Waals surface area contributed by atoms with Crippen LogP contribution in [0.15, 0.2) is 24.3 Å².